The summed E-state index contributed by atoms with van der Waals surface area (Å²) in [6, 6.07) is 13.7. The van der Waals surface area contributed by atoms with E-state index in [0.29, 0.717) is 67.2 Å². The largest absolute Gasteiger partial charge is 0.507 e. The molecule has 3 N–H and O–H groups in total. The van der Waals surface area contributed by atoms with Crippen molar-refractivity contribution in [2.24, 2.45) is 0 Å². The molecule has 0 aliphatic carbocycles. The number of benzene rings is 2. The summed E-state index contributed by atoms with van der Waals surface area (Å²) < 4.78 is 16.3. The van der Waals surface area contributed by atoms with Crippen molar-refractivity contribution in [3.05, 3.63) is 88.9 Å². The topological polar surface area (TPSA) is 174 Å². The van der Waals surface area contributed by atoms with Crippen molar-refractivity contribution in [1.82, 2.24) is 20.4 Å². The van der Waals surface area contributed by atoms with Gasteiger partial charge in [0.1, 0.15) is 34.3 Å². The first kappa shape index (κ1) is 34.8. The Morgan fingerprint density at radius 1 is 1.10 bits per heavy atom. The highest BCUT2D eigenvalue weighted by Gasteiger charge is 2.31. The number of fused-ring (bicyclic) bond motifs is 1. The van der Waals surface area contributed by atoms with Crippen LogP contribution in [0.4, 0.5) is 0 Å². The molecule has 1 amide bonds. The van der Waals surface area contributed by atoms with Crippen LogP contribution >= 0.6 is 0 Å². The number of ether oxygens (including phenoxy) is 2. The number of aromatic nitrogens is 3. The van der Waals surface area contributed by atoms with Crippen molar-refractivity contribution >= 4 is 23.7 Å². The number of hydrogen-bond donors (Lipinski definition) is 3. The third kappa shape index (κ3) is 9.10. The zero-order valence-corrected chi connectivity index (χ0v) is 27.6. The number of allylic oxidation sites excluding steroid dienone is 1. The molecule has 2 unspecified atom stereocenters. The van der Waals surface area contributed by atoms with Crippen LogP contribution in [0.3, 0.4) is 0 Å². The van der Waals surface area contributed by atoms with E-state index in [-0.39, 0.29) is 53.5 Å². The van der Waals surface area contributed by atoms with Crippen LogP contribution in [-0.2, 0) is 20.7 Å². The number of cyclic esters (lactones) is 1. The molecule has 49 heavy (non-hydrogen) atoms. The number of carbonyl (C=O) groups excluding carboxylic acids is 3. The summed E-state index contributed by atoms with van der Waals surface area (Å²) in [6.45, 7) is 1.92. The lowest BCUT2D eigenvalue weighted by molar-refractivity contribution is -0.121. The molecule has 256 valence electrons. The zero-order chi connectivity index (χ0) is 34.8. The molecular weight excluding hydrogens is 628 g/mol. The first-order valence-corrected chi connectivity index (χ1v) is 16.4. The van der Waals surface area contributed by atoms with E-state index in [1.807, 2.05) is 6.07 Å². The molecule has 0 saturated heterocycles. The van der Waals surface area contributed by atoms with Gasteiger partial charge in [-0.05, 0) is 74.1 Å². The molecule has 1 aliphatic heterocycles. The lowest BCUT2D eigenvalue weighted by Crippen LogP contribution is -2.27. The molecule has 3 heterocycles. The van der Waals surface area contributed by atoms with E-state index in [1.165, 1.54) is 13.2 Å². The van der Waals surface area contributed by atoms with Gasteiger partial charge in [0.05, 0.1) is 13.2 Å². The quantitative estimate of drug-likeness (QED) is 0.181. The Morgan fingerprint density at radius 3 is 2.65 bits per heavy atom. The molecule has 2 aromatic heterocycles. The summed E-state index contributed by atoms with van der Waals surface area (Å²) in [5, 5.41) is 29.9. The smallest absolute Gasteiger partial charge is 0.342 e. The van der Waals surface area contributed by atoms with Gasteiger partial charge >= 0.3 is 5.97 Å². The number of amides is 1. The molecule has 0 bridgehead atoms. The average Bonchev–Trinajstić information content (AvgIpc) is 3.56. The third-order valence-corrected chi connectivity index (χ3v) is 8.33. The highest BCUT2D eigenvalue weighted by Crippen LogP contribution is 2.44. The number of phenols is 2. The summed E-state index contributed by atoms with van der Waals surface area (Å²) in [5.74, 6) is -1.36. The van der Waals surface area contributed by atoms with Gasteiger partial charge in [0.25, 0.3) is 0 Å². The first-order chi connectivity index (χ1) is 23.7. The SMILES string of the molecule is COc1ccc(C(CC(=O)NCCc2nc(-c3ccccn3)no2)c2c(O)cc3c(c2O)C(=O)OC(C)CCCC(=O)CCCC=C3)cc1. The van der Waals surface area contributed by atoms with Crippen LogP contribution < -0.4 is 10.1 Å². The maximum Gasteiger partial charge on any atom is 0.342 e. The van der Waals surface area contributed by atoms with Crippen molar-refractivity contribution < 1.29 is 38.6 Å². The minimum atomic E-state index is -0.858. The molecule has 4 aromatic rings. The standard InChI is InChI=1S/C37H40N4O8/c1-23-9-8-12-26(42)11-5-3-4-10-25-21-30(43)34(35(45)33(25)37(46)48-23)28(24-14-16-27(47-2)17-15-24)22-31(44)39-20-18-32-40-36(41-49-32)29-13-6-7-19-38-29/h4,6-7,10,13-17,19,21,23,28,43,45H,3,5,8-9,11-12,18,20,22H2,1-2H3,(H,39,44). The average molecular weight is 669 g/mol. The molecule has 0 saturated carbocycles. The number of hydrogen-bond acceptors (Lipinski definition) is 11. The second kappa shape index (κ2) is 16.5. The van der Waals surface area contributed by atoms with Crippen molar-refractivity contribution in [2.45, 2.75) is 70.3 Å². The van der Waals surface area contributed by atoms with Gasteiger partial charge in [-0.1, -0.05) is 35.5 Å². The number of aromatic hydroxyl groups is 2. The van der Waals surface area contributed by atoms with E-state index < -0.39 is 23.7 Å². The van der Waals surface area contributed by atoms with Crippen molar-refractivity contribution in [3.63, 3.8) is 0 Å². The van der Waals surface area contributed by atoms with Crippen molar-refractivity contribution in [3.8, 4) is 28.8 Å². The zero-order valence-electron chi connectivity index (χ0n) is 27.6. The van der Waals surface area contributed by atoms with Crippen LogP contribution in [0, 0.1) is 0 Å². The Kier molecular flexibility index (Phi) is 11.7. The molecule has 1 aliphatic rings. The van der Waals surface area contributed by atoms with Crippen molar-refractivity contribution in [2.75, 3.05) is 13.7 Å². The van der Waals surface area contributed by atoms with Gasteiger partial charge in [-0.15, -0.1) is 0 Å². The van der Waals surface area contributed by atoms with Crippen molar-refractivity contribution in [1.29, 1.82) is 0 Å². The Balaban J connectivity index is 1.42. The molecule has 5 rings (SSSR count). The Labute approximate surface area is 284 Å². The maximum atomic E-state index is 13.6. The highest BCUT2D eigenvalue weighted by atomic mass is 16.5. The number of methoxy groups -OCH3 is 1. The summed E-state index contributed by atoms with van der Waals surface area (Å²) in [7, 11) is 1.53. The Bertz CT molecular complexity index is 1790. The van der Waals surface area contributed by atoms with Gasteiger partial charge in [-0.2, -0.15) is 4.98 Å². The summed E-state index contributed by atoms with van der Waals surface area (Å²) in [4.78, 5) is 47.7. The van der Waals surface area contributed by atoms with Gasteiger partial charge in [0.2, 0.25) is 17.6 Å². The number of rotatable bonds is 9. The predicted molar refractivity (Wildman–Crippen MR) is 180 cm³/mol. The van der Waals surface area contributed by atoms with Crippen LogP contribution in [0.1, 0.15) is 90.7 Å². The number of pyridine rings is 1. The van der Waals surface area contributed by atoms with Gasteiger partial charge in [0.15, 0.2) is 0 Å². The number of Topliss-reactive ketones (excluding diaryl/α,β-unsaturated/α-hetero) is 1. The van der Waals surface area contributed by atoms with Gasteiger partial charge in [-0.3, -0.25) is 14.6 Å². The first-order valence-electron chi connectivity index (χ1n) is 16.4. The van der Waals surface area contributed by atoms with Gasteiger partial charge in [-0.25, -0.2) is 4.79 Å². The molecule has 0 radical (unpaired) electrons. The predicted octanol–water partition coefficient (Wildman–Crippen LogP) is 5.91. The number of nitrogens with zero attached hydrogens (tertiary/aromatic N) is 3. The highest BCUT2D eigenvalue weighted by molar-refractivity contribution is 5.98. The Hall–Kier alpha value is -5.52. The molecule has 0 fully saturated rings. The number of nitrogens with one attached hydrogen (secondary N) is 1. The minimum absolute atomic E-state index is 0.0145. The lowest BCUT2D eigenvalue weighted by Gasteiger charge is -2.23. The fourth-order valence-corrected chi connectivity index (χ4v) is 5.76. The van der Waals surface area contributed by atoms with Crippen LogP contribution in [0.15, 0.2) is 65.3 Å². The van der Waals surface area contributed by atoms with E-state index in [0.717, 1.165) is 0 Å². The number of carbonyl (C=O) groups is 3. The molecule has 2 atom stereocenters. The summed E-state index contributed by atoms with van der Waals surface area (Å²) in [6.07, 6.45) is 7.77. The fourth-order valence-electron chi connectivity index (χ4n) is 5.76. The number of phenolic OH excluding ortho intramolecular Hbond substituents is 2. The molecule has 12 nitrogen and oxygen atoms in total. The monoisotopic (exact) mass is 668 g/mol. The van der Waals surface area contributed by atoms with Gasteiger partial charge in [0, 0.05) is 49.9 Å². The van der Waals surface area contributed by atoms with E-state index in [2.05, 4.69) is 20.4 Å². The van der Waals surface area contributed by atoms with E-state index in [9.17, 15) is 24.6 Å². The number of ketones is 1. The Morgan fingerprint density at radius 2 is 1.90 bits per heavy atom. The second-order valence-electron chi connectivity index (χ2n) is 11.9. The van der Waals surface area contributed by atoms with Crippen LogP contribution in [0.5, 0.6) is 17.2 Å². The number of esters is 1. The third-order valence-electron chi connectivity index (χ3n) is 8.33. The van der Waals surface area contributed by atoms with E-state index in [4.69, 9.17) is 14.0 Å². The molecule has 12 heteroatoms. The molecule has 2 aromatic carbocycles. The maximum absolute atomic E-state index is 13.6. The van der Waals surface area contributed by atoms with Crippen LogP contribution in [0.25, 0.3) is 17.6 Å². The normalized spacial score (nSPS) is 16.2. The van der Waals surface area contributed by atoms with E-state index >= 15 is 0 Å². The van der Waals surface area contributed by atoms with E-state index in [1.54, 1.807) is 61.7 Å². The minimum Gasteiger partial charge on any atom is -0.507 e. The molecule has 0 spiro atoms. The van der Waals surface area contributed by atoms with Crippen LogP contribution in [0.2, 0.25) is 0 Å². The van der Waals surface area contributed by atoms with Crippen LogP contribution in [-0.4, -0.2) is 62.8 Å². The summed E-state index contributed by atoms with van der Waals surface area (Å²) >= 11 is 0. The molecular formula is C37H40N4O8. The lowest BCUT2D eigenvalue weighted by atomic mass is 9.84. The van der Waals surface area contributed by atoms with Gasteiger partial charge < -0.3 is 29.5 Å². The summed E-state index contributed by atoms with van der Waals surface area (Å²) in [5.41, 5.74) is 1.33. The fraction of sp³-hybridized carbons (Fsp3) is 0.351. The second-order valence-corrected chi connectivity index (χ2v) is 11.9.